The average Bonchev–Trinajstić information content (AvgIpc) is 3.40. The van der Waals surface area contributed by atoms with Crippen molar-refractivity contribution >= 4 is 27.5 Å². The fourth-order valence-corrected chi connectivity index (χ4v) is 6.20. The van der Waals surface area contributed by atoms with E-state index >= 15 is 0 Å². The summed E-state index contributed by atoms with van der Waals surface area (Å²) < 4.78 is 32.0. The number of amides is 2. The zero-order chi connectivity index (χ0) is 28.6. The summed E-state index contributed by atoms with van der Waals surface area (Å²) in [7, 11) is -1.95. The van der Waals surface area contributed by atoms with Crippen LogP contribution < -0.4 is 14.4 Å². The normalized spacial score (nSPS) is 14.6. The highest BCUT2D eigenvalue weighted by atomic mass is 32.2. The lowest BCUT2D eigenvalue weighted by Crippen LogP contribution is -2.51. The molecule has 39 heavy (non-hydrogen) atoms. The third-order valence-corrected chi connectivity index (χ3v) is 8.56. The Balaban J connectivity index is 1.78. The molecule has 1 fully saturated rings. The number of benzene rings is 2. The average molecular weight is 558 g/mol. The largest absolute Gasteiger partial charge is 0.497 e. The number of anilines is 1. The number of rotatable bonds is 13. The molecule has 0 aliphatic heterocycles. The minimum Gasteiger partial charge on any atom is -0.497 e. The zero-order valence-electron chi connectivity index (χ0n) is 23.9. The molecule has 0 saturated heterocycles. The molecule has 1 aliphatic carbocycles. The molecule has 8 nitrogen and oxygen atoms in total. The maximum atomic E-state index is 13.7. The Labute approximate surface area is 233 Å². The first-order chi connectivity index (χ1) is 18.5. The molecule has 3 rings (SSSR count). The summed E-state index contributed by atoms with van der Waals surface area (Å²) in [5, 5.41) is 3.16. The fourth-order valence-electron chi connectivity index (χ4n) is 5.19. The zero-order valence-corrected chi connectivity index (χ0v) is 24.7. The molecule has 0 unspecified atom stereocenters. The molecule has 214 valence electrons. The van der Waals surface area contributed by atoms with Crippen LogP contribution >= 0.6 is 0 Å². The molecule has 0 bridgehead atoms. The number of aryl methyl sites for hydroxylation is 2. The standard InChI is InChI=1S/C30H43N3O5S/c1-6-27(30(35)31-25-10-7-8-11-25)32(21-24-15-17-26(38-4)18-16-24)29(34)12-9-19-33(39(5,36)37)28-20-22(2)13-14-23(28)3/h13-18,20,25,27H,6-12,19,21H2,1-5H3,(H,31,35)/t27-/m1/s1. The summed E-state index contributed by atoms with van der Waals surface area (Å²) in [6.07, 6.45) is 6.27. The van der Waals surface area contributed by atoms with Crippen molar-refractivity contribution in [2.75, 3.05) is 24.2 Å². The van der Waals surface area contributed by atoms with E-state index in [1.54, 1.807) is 12.0 Å². The molecule has 1 aliphatic rings. The van der Waals surface area contributed by atoms with Crippen LogP contribution in [-0.4, -0.2) is 57.1 Å². The summed E-state index contributed by atoms with van der Waals surface area (Å²) in [5.74, 6) is 0.419. The van der Waals surface area contributed by atoms with E-state index in [-0.39, 0.29) is 37.4 Å². The van der Waals surface area contributed by atoms with E-state index in [4.69, 9.17) is 4.74 Å². The summed E-state index contributed by atoms with van der Waals surface area (Å²) in [6, 6.07) is 12.7. The van der Waals surface area contributed by atoms with Gasteiger partial charge in [0, 0.05) is 25.6 Å². The molecular weight excluding hydrogens is 514 g/mol. The quantitative estimate of drug-likeness (QED) is 0.384. The van der Waals surface area contributed by atoms with E-state index in [0.717, 1.165) is 48.1 Å². The van der Waals surface area contributed by atoms with E-state index in [1.807, 2.05) is 63.2 Å². The predicted octanol–water partition coefficient (Wildman–Crippen LogP) is 4.72. The Morgan fingerprint density at radius 2 is 1.74 bits per heavy atom. The van der Waals surface area contributed by atoms with Gasteiger partial charge in [-0.15, -0.1) is 0 Å². The van der Waals surface area contributed by atoms with Gasteiger partial charge in [-0.3, -0.25) is 13.9 Å². The number of methoxy groups -OCH3 is 1. The van der Waals surface area contributed by atoms with Crippen LogP contribution in [0.2, 0.25) is 0 Å². The monoisotopic (exact) mass is 557 g/mol. The van der Waals surface area contributed by atoms with Crippen molar-refractivity contribution in [3.05, 3.63) is 59.2 Å². The van der Waals surface area contributed by atoms with Crippen molar-refractivity contribution in [1.29, 1.82) is 0 Å². The van der Waals surface area contributed by atoms with Gasteiger partial charge in [-0.25, -0.2) is 8.42 Å². The molecule has 9 heteroatoms. The highest BCUT2D eigenvalue weighted by Gasteiger charge is 2.31. The third kappa shape index (κ3) is 8.46. The second-order valence-electron chi connectivity index (χ2n) is 10.5. The minimum absolute atomic E-state index is 0.125. The molecule has 2 amide bonds. The van der Waals surface area contributed by atoms with E-state index in [1.165, 1.54) is 10.6 Å². The summed E-state index contributed by atoms with van der Waals surface area (Å²) in [5.41, 5.74) is 3.34. The lowest BCUT2D eigenvalue weighted by atomic mass is 10.1. The van der Waals surface area contributed by atoms with Crippen LogP contribution in [0.4, 0.5) is 5.69 Å². The summed E-state index contributed by atoms with van der Waals surface area (Å²) in [6.45, 7) is 6.18. The number of nitrogens with one attached hydrogen (secondary N) is 1. The smallest absolute Gasteiger partial charge is 0.243 e. The molecule has 0 spiro atoms. The topological polar surface area (TPSA) is 96.0 Å². The van der Waals surface area contributed by atoms with Crippen LogP contribution in [0.5, 0.6) is 5.75 Å². The SMILES string of the molecule is CC[C@H](C(=O)NC1CCCC1)N(Cc1ccc(OC)cc1)C(=O)CCCN(c1cc(C)ccc1C)S(C)(=O)=O. The summed E-state index contributed by atoms with van der Waals surface area (Å²) in [4.78, 5) is 28.6. The Morgan fingerprint density at radius 1 is 1.08 bits per heavy atom. The number of carbonyl (C=O) groups excluding carboxylic acids is 2. The Hall–Kier alpha value is -3.07. The number of sulfonamides is 1. The van der Waals surface area contributed by atoms with Crippen molar-refractivity contribution in [1.82, 2.24) is 10.2 Å². The predicted molar refractivity (Wildman–Crippen MR) is 155 cm³/mol. The maximum absolute atomic E-state index is 13.7. The number of carbonyl (C=O) groups is 2. The van der Waals surface area contributed by atoms with Crippen LogP contribution in [0, 0.1) is 13.8 Å². The fraction of sp³-hybridized carbons (Fsp3) is 0.533. The van der Waals surface area contributed by atoms with Gasteiger partial charge in [-0.2, -0.15) is 0 Å². The Kier molecular flexibility index (Phi) is 10.8. The van der Waals surface area contributed by atoms with Crippen molar-refractivity contribution in [2.45, 2.75) is 84.3 Å². The Bertz CT molecular complexity index is 1220. The van der Waals surface area contributed by atoms with Gasteiger partial charge in [-0.1, -0.05) is 44.0 Å². The first-order valence-corrected chi connectivity index (χ1v) is 15.7. The van der Waals surface area contributed by atoms with Crippen molar-refractivity contribution < 1.29 is 22.7 Å². The van der Waals surface area contributed by atoms with Gasteiger partial charge < -0.3 is 15.0 Å². The van der Waals surface area contributed by atoms with E-state index in [2.05, 4.69) is 5.32 Å². The van der Waals surface area contributed by atoms with E-state index < -0.39 is 16.1 Å². The molecule has 1 N–H and O–H groups in total. The van der Waals surface area contributed by atoms with Gasteiger partial charge in [0.1, 0.15) is 11.8 Å². The summed E-state index contributed by atoms with van der Waals surface area (Å²) >= 11 is 0. The van der Waals surface area contributed by atoms with E-state index in [0.29, 0.717) is 18.5 Å². The van der Waals surface area contributed by atoms with Crippen molar-refractivity contribution in [3.8, 4) is 5.75 Å². The van der Waals surface area contributed by atoms with Gasteiger partial charge in [0.15, 0.2) is 0 Å². The van der Waals surface area contributed by atoms with Crippen LogP contribution in [0.25, 0.3) is 0 Å². The molecule has 0 heterocycles. The lowest BCUT2D eigenvalue weighted by molar-refractivity contribution is -0.141. The maximum Gasteiger partial charge on any atom is 0.243 e. The van der Waals surface area contributed by atoms with Crippen LogP contribution in [0.1, 0.15) is 68.6 Å². The first kappa shape index (κ1) is 30.5. The number of hydrogen-bond donors (Lipinski definition) is 1. The van der Waals surface area contributed by atoms with Crippen LogP contribution in [0.15, 0.2) is 42.5 Å². The Morgan fingerprint density at radius 3 is 2.33 bits per heavy atom. The van der Waals surface area contributed by atoms with Crippen LogP contribution in [-0.2, 0) is 26.2 Å². The number of hydrogen-bond acceptors (Lipinski definition) is 5. The molecule has 2 aromatic carbocycles. The number of ether oxygens (including phenoxy) is 1. The molecule has 0 radical (unpaired) electrons. The second-order valence-corrected chi connectivity index (χ2v) is 12.4. The van der Waals surface area contributed by atoms with E-state index in [9.17, 15) is 18.0 Å². The number of nitrogens with zero attached hydrogens (tertiary/aromatic N) is 2. The third-order valence-electron chi connectivity index (χ3n) is 7.38. The highest BCUT2D eigenvalue weighted by molar-refractivity contribution is 7.92. The van der Waals surface area contributed by atoms with Crippen molar-refractivity contribution in [3.63, 3.8) is 0 Å². The van der Waals surface area contributed by atoms with Gasteiger partial charge >= 0.3 is 0 Å². The molecule has 0 aromatic heterocycles. The van der Waals surface area contributed by atoms with Crippen LogP contribution in [0.3, 0.4) is 0 Å². The van der Waals surface area contributed by atoms with Crippen molar-refractivity contribution in [2.24, 2.45) is 0 Å². The second kappa shape index (κ2) is 13.8. The van der Waals surface area contributed by atoms with Gasteiger partial charge in [-0.05, 0) is 74.4 Å². The van der Waals surface area contributed by atoms with Gasteiger partial charge in [0.2, 0.25) is 21.8 Å². The molecule has 1 saturated carbocycles. The van der Waals surface area contributed by atoms with Gasteiger partial charge in [0.25, 0.3) is 0 Å². The lowest BCUT2D eigenvalue weighted by Gasteiger charge is -2.32. The first-order valence-electron chi connectivity index (χ1n) is 13.8. The van der Waals surface area contributed by atoms with Gasteiger partial charge in [0.05, 0.1) is 19.1 Å². The molecule has 1 atom stereocenters. The minimum atomic E-state index is -3.55. The molecular formula is C30H43N3O5S. The highest BCUT2D eigenvalue weighted by Crippen LogP contribution is 2.25. The molecule has 2 aromatic rings.